The van der Waals surface area contributed by atoms with E-state index in [1.54, 1.807) is 4.90 Å². The van der Waals surface area contributed by atoms with Gasteiger partial charge in [-0.2, -0.15) is 0 Å². The Labute approximate surface area is 177 Å². The highest BCUT2D eigenvalue weighted by Gasteiger charge is 2.22. The Morgan fingerprint density at radius 2 is 1.63 bits per heavy atom. The summed E-state index contributed by atoms with van der Waals surface area (Å²) < 4.78 is 0. The van der Waals surface area contributed by atoms with E-state index in [2.05, 4.69) is 29.7 Å². The van der Waals surface area contributed by atoms with Crippen molar-refractivity contribution in [3.05, 3.63) is 65.2 Å². The molecule has 0 bridgehead atoms. The molecule has 3 amide bonds. The van der Waals surface area contributed by atoms with Gasteiger partial charge in [0, 0.05) is 38.4 Å². The highest BCUT2D eigenvalue weighted by atomic mass is 16.2. The molecule has 2 aromatic rings. The van der Waals surface area contributed by atoms with E-state index in [0.29, 0.717) is 6.54 Å². The van der Waals surface area contributed by atoms with Gasteiger partial charge in [-0.25, -0.2) is 0 Å². The van der Waals surface area contributed by atoms with E-state index in [1.807, 2.05) is 42.5 Å². The summed E-state index contributed by atoms with van der Waals surface area (Å²) in [5, 5.41) is 5.34. The third-order valence-electron chi connectivity index (χ3n) is 5.06. The van der Waals surface area contributed by atoms with Crippen molar-refractivity contribution < 1.29 is 14.4 Å². The molecule has 0 unspecified atom stereocenters. The van der Waals surface area contributed by atoms with E-state index in [1.165, 1.54) is 6.92 Å². The van der Waals surface area contributed by atoms with Crippen molar-refractivity contribution in [2.75, 3.05) is 18.0 Å². The lowest BCUT2D eigenvalue weighted by Crippen LogP contribution is -2.36. The standard InChI is InChI=1S/C24H27N3O3/c1-17-15-19-7-3-4-8-20(19)16-27(22-10-6-5-9-21(17)22)24(30)12-14-26-23(29)11-13-25-18(2)28/h3-10,15H,11-14,16H2,1-2H3,(H,25,28)(H,26,29)/b17-15-. The molecular formula is C24H27N3O3. The van der Waals surface area contributed by atoms with E-state index in [0.717, 1.165) is 28.0 Å². The van der Waals surface area contributed by atoms with Crippen molar-refractivity contribution in [2.45, 2.75) is 33.2 Å². The van der Waals surface area contributed by atoms with Gasteiger partial charge < -0.3 is 15.5 Å². The summed E-state index contributed by atoms with van der Waals surface area (Å²) in [6, 6.07) is 16.0. The molecule has 0 fully saturated rings. The maximum Gasteiger partial charge on any atom is 0.229 e. The molecule has 0 aliphatic carbocycles. The smallest absolute Gasteiger partial charge is 0.229 e. The summed E-state index contributed by atoms with van der Waals surface area (Å²) in [4.78, 5) is 37.7. The highest BCUT2D eigenvalue weighted by Crippen LogP contribution is 2.33. The van der Waals surface area contributed by atoms with Crippen LogP contribution >= 0.6 is 0 Å². The van der Waals surface area contributed by atoms with Gasteiger partial charge in [-0.1, -0.05) is 48.5 Å². The lowest BCUT2D eigenvalue weighted by Gasteiger charge is -2.28. The Bertz CT molecular complexity index is 981. The molecular weight excluding hydrogens is 378 g/mol. The molecule has 6 heteroatoms. The number of hydrogen-bond acceptors (Lipinski definition) is 3. The molecule has 0 aromatic heterocycles. The van der Waals surface area contributed by atoms with Crippen molar-refractivity contribution in [1.29, 1.82) is 0 Å². The number of carbonyl (C=O) groups is 3. The number of allylic oxidation sites excluding steroid dienone is 1. The van der Waals surface area contributed by atoms with E-state index in [9.17, 15) is 14.4 Å². The normalized spacial score (nSPS) is 14.3. The number of nitrogens with one attached hydrogen (secondary N) is 2. The molecule has 2 aromatic carbocycles. The second-order valence-corrected chi connectivity index (χ2v) is 7.36. The Balaban J connectivity index is 1.72. The Morgan fingerprint density at radius 1 is 0.933 bits per heavy atom. The first-order valence-electron chi connectivity index (χ1n) is 10.1. The SMILES string of the molecule is CC(=O)NCCC(=O)NCCC(=O)N1Cc2ccccc2/C=C(/C)c2ccccc21. The molecule has 0 spiro atoms. The van der Waals surface area contributed by atoms with Gasteiger partial charge >= 0.3 is 0 Å². The Hall–Kier alpha value is -3.41. The predicted molar refractivity (Wildman–Crippen MR) is 119 cm³/mol. The van der Waals surface area contributed by atoms with Gasteiger partial charge in [0.1, 0.15) is 0 Å². The van der Waals surface area contributed by atoms with Gasteiger partial charge in [0.2, 0.25) is 17.7 Å². The summed E-state index contributed by atoms with van der Waals surface area (Å²) in [6.07, 6.45) is 2.55. The van der Waals surface area contributed by atoms with Crippen LogP contribution in [0.3, 0.4) is 0 Å². The van der Waals surface area contributed by atoms with Gasteiger partial charge in [0.05, 0.1) is 12.2 Å². The van der Waals surface area contributed by atoms with Gasteiger partial charge in [0.25, 0.3) is 0 Å². The van der Waals surface area contributed by atoms with Crippen molar-refractivity contribution in [2.24, 2.45) is 0 Å². The first-order chi connectivity index (χ1) is 14.5. The molecule has 6 nitrogen and oxygen atoms in total. The predicted octanol–water partition coefficient (Wildman–Crippen LogP) is 3.13. The lowest BCUT2D eigenvalue weighted by molar-refractivity contribution is -0.121. The number of nitrogens with zero attached hydrogens (tertiary/aromatic N) is 1. The average molecular weight is 405 g/mol. The summed E-state index contributed by atoms with van der Waals surface area (Å²) in [5.74, 6) is -0.402. The zero-order chi connectivity index (χ0) is 21.5. The third kappa shape index (κ3) is 5.35. The van der Waals surface area contributed by atoms with E-state index in [4.69, 9.17) is 0 Å². The van der Waals surface area contributed by atoms with Crippen LogP contribution in [0.25, 0.3) is 11.6 Å². The zero-order valence-corrected chi connectivity index (χ0v) is 17.4. The number of benzene rings is 2. The second-order valence-electron chi connectivity index (χ2n) is 7.36. The minimum Gasteiger partial charge on any atom is -0.356 e. The van der Waals surface area contributed by atoms with Crippen LogP contribution in [0.1, 0.15) is 43.4 Å². The largest absolute Gasteiger partial charge is 0.356 e. The summed E-state index contributed by atoms with van der Waals surface area (Å²) in [6.45, 7) is 4.49. The zero-order valence-electron chi connectivity index (χ0n) is 17.4. The lowest BCUT2D eigenvalue weighted by atomic mass is 9.96. The number of para-hydroxylation sites is 1. The van der Waals surface area contributed by atoms with Crippen LogP contribution < -0.4 is 15.5 Å². The van der Waals surface area contributed by atoms with Crippen molar-refractivity contribution in [3.63, 3.8) is 0 Å². The van der Waals surface area contributed by atoms with Crippen molar-refractivity contribution >= 4 is 35.1 Å². The quantitative estimate of drug-likeness (QED) is 0.775. The van der Waals surface area contributed by atoms with Crippen LogP contribution in [0.15, 0.2) is 48.5 Å². The maximum atomic E-state index is 13.1. The van der Waals surface area contributed by atoms with Crippen LogP contribution in [0.4, 0.5) is 5.69 Å². The fraction of sp³-hybridized carbons (Fsp3) is 0.292. The summed E-state index contributed by atoms with van der Waals surface area (Å²) >= 11 is 0. The number of anilines is 1. The third-order valence-corrected chi connectivity index (χ3v) is 5.06. The van der Waals surface area contributed by atoms with E-state index < -0.39 is 0 Å². The van der Waals surface area contributed by atoms with Crippen molar-refractivity contribution in [1.82, 2.24) is 10.6 Å². The monoisotopic (exact) mass is 405 g/mol. The Morgan fingerprint density at radius 3 is 2.43 bits per heavy atom. The van der Waals surface area contributed by atoms with Gasteiger partial charge in [-0.05, 0) is 29.7 Å². The summed E-state index contributed by atoms with van der Waals surface area (Å²) in [7, 11) is 0. The second kappa shape index (κ2) is 9.87. The molecule has 0 saturated carbocycles. The van der Waals surface area contributed by atoms with Crippen LogP contribution in [-0.2, 0) is 20.9 Å². The topological polar surface area (TPSA) is 78.5 Å². The summed E-state index contributed by atoms with van der Waals surface area (Å²) in [5.41, 5.74) is 5.19. The number of amides is 3. The minimum atomic E-state index is -0.186. The first kappa shape index (κ1) is 21.3. The molecule has 1 aliphatic heterocycles. The molecule has 1 aliphatic rings. The highest BCUT2D eigenvalue weighted by molar-refractivity contribution is 5.99. The number of carbonyl (C=O) groups excluding carboxylic acids is 3. The molecule has 30 heavy (non-hydrogen) atoms. The van der Waals surface area contributed by atoms with Gasteiger partial charge in [-0.3, -0.25) is 14.4 Å². The number of fused-ring (bicyclic) bond motifs is 2. The van der Waals surface area contributed by atoms with E-state index in [-0.39, 0.29) is 43.7 Å². The maximum absolute atomic E-state index is 13.1. The van der Waals surface area contributed by atoms with Gasteiger partial charge in [0.15, 0.2) is 0 Å². The molecule has 2 N–H and O–H groups in total. The van der Waals surface area contributed by atoms with Crippen LogP contribution in [0, 0.1) is 0 Å². The fourth-order valence-corrected chi connectivity index (χ4v) is 3.53. The van der Waals surface area contributed by atoms with Crippen LogP contribution in [-0.4, -0.2) is 30.8 Å². The Kier molecular flexibility index (Phi) is 7.01. The van der Waals surface area contributed by atoms with Crippen LogP contribution in [0.5, 0.6) is 0 Å². The number of rotatable bonds is 6. The number of hydrogen-bond donors (Lipinski definition) is 2. The van der Waals surface area contributed by atoms with E-state index >= 15 is 0 Å². The molecule has 156 valence electrons. The molecule has 0 radical (unpaired) electrons. The first-order valence-corrected chi connectivity index (χ1v) is 10.1. The fourth-order valence-electron chi connectivity index (χ4n) is 3.53. The molecule has 0 saturated heterocycles. The van der Waals surface area contributed by atoms with Crippen molar-refractivity contribution in [3.8, 4) is 0 Å². The molecule has 0 atom stereocenters. The molecule has 3 rings (SSSR count). The van der Waals surface area contributed by atoms with Crippen LogP contribution in [0.2, 0.25) is 0 Å². The minimum absolute atomic E-state index is 0.0471. The average Bonchev–Trinajstić information content (AvgIpc) is 2.71. The van der Waals surface area contributed by atoms with Gasteiger partial charge in [-0.15, -0.1) is 0 Å². The molecule has 1 heterocycles.